The lowest BCUT2D eigenvalue weighted by atomic mass is 9.86. The Kier molecular flexibility index (Phi) is 4.19. The molecule has 1 aliphatic heterocycles. The van der Waals surface area contributed by atoms with Crippen LogP contribution in [0.3, 0.4) is 0 Å². The highest BCUT2D eigenvalue weighted by atomic mass is 35.5. The number of halogens is 3. The van der Waals surface area contributed by atoms with Crippen LogP contribution in [0.5, 0.6) is 0 Å². The molecule has 2 fully saturated rings. The number of piperidine rings is 1. The molecule has 1 saturated carbocycles. The number of aryl methyl sites for hydroxylation is 3. The van der Waals surface area contributed by atoms with E-state index in [0.29, 0.717) is 21.5 Å². The molecule has 1 aromatic carbocycles. The molecule has 0 N–H and O–H groups in total. The molecule has 2 aromatic heterocycles. The molecule has 0 spiro atoms. The Balaban J connectivity index is 1.50. The van der Waals surface area contributed by atoms with Crippen LogP contribution in [0.1, 0.15) is 27.9 Å². The summed E-state index contributed by atoms with van der Waals surface area (Å²) < 4.78 is 33.2. The average Bonchev–Trinajstić information content (AvgIpc) is 3.03. The van der Waals surface area contributed by atoms with Crippen molar-refractivity contribution in [1.29, 1.82) is 0 Å². The van der Waals surface area contributed by atoms with Crippen molar-refractivity contribution in [1.82, 2.24) is 14.0 Å². The molecular formula is C23H22ClF2N3O2. The van der Waals surface area contributed by atoms with Crippen LogP contribution in [0, 0.1) is 12.8 Å². The minimum Gasteiger partial charge on any atom is -0.349 e. The predicted molar refractivity (Wildman–Crippen MR) is 115 cm³/mol. The third-order valence-corrected chi connectivity index (χ3v) is 7.33. The molecule has 0 radical (unpaired) electrons. The van der Waals surface area contributed by atoms with Crippen molar-refractivity contribution in [3.8, 4) is 0 Å². The van der Waals surface area contributed by atoms with Crippen LogP contribution in [0.4, 0.5) is 8.78 Å². The Hall–Kier alpha value is -2.67. The van der Waals surface area contributed by atoms with Crippen molar-refractivity contribution in [2.75, 3.05) is 13.1 Å². The number of benzene rings is 1. The van der Waals surface area contributed by atoms with Crippen LogP contribution >= 0.6 is 11.6 Å². The molecule has 2 unspecified atom stereocenters. The van der Waals surface area contributed by atoms with Gasteiger partial charge in [-0.05, 0) is 36.6 Å². The van der Waals surface area contributed by atoms with Gasteiger partial charge in [0.05, 0.1) is 27.8 Å². The summed E-state index contributed by atoms with van der Waals surface area (Å²) in [6, 6.07) is 6.57. The predicted octanol–water partition coefficient (Wildman–Crippen LogP) is 3.89. The van der Waals surface area contributed by atoms with Crippen LogP contribution in [-0.4, -0.2) is 39.0 Å². The Labute approximate surface area is 182 Å². The van der Waals surface area contributed by atoms with Crippen LogP contribution in [-0.2, 0) is 19.5 Å². The molecule has 2 atom stereocenters. The summed E-state index contributed by atoms with van der Waals surface area (Å²) in [6.45, 7) is 2.04. The zero-order chi connectivity index (χ0) is 22.3. The van der Waals surface area contributed by atoms with Gasteiger partial charge < -0.3 is 14.0 Å². The van der Waals surface area contributed by atoms with Crippen molar-refractivity contribution in [3.05, 3.63) is 68.7 Å². The molecule has 162 valence electrons. The van der Waals surface area contributed by atoms with Gasteiger partial charge in [-0.2, -0.15) is 0 Å². The van der Waals surface area contributed by atoms with Gasteiger partial charge in [-0.1, -0.05) is 23.7 Å². The Morgan fingerprint density at radius 1 is 1.13 bits per heavy atom. The number of hydrogen-bond acceptors (Lipinski definition) is 2. The largest absolute Gasteiger partial charge is 0.349 e. The zero-order valence-corrected chi connectivity index (χ0v) is 18.2. The number of rotatable bonds is 2. The Morgan fingerprint density at radius 3 is 2.45 bits per heavy atom. The van der Waals surface area contributed by atoms with Crippen molar-refractivity contribution >= 4 is 28.4 Å². The number of amides is 1. The van der Waals surface area contributed by atoms with Gasteiger partial charge in [0.25, 0.3) is 17.4 Å². The SMILES string of the molecule is Cc1cn(C)c(=O)c2c(C(=O)N3CCC4(c5ccc(Cl)cc5)C(C3)C4(F)F)cn(C)c12. The van der Waals surface area contributed by atoms with Gasteiger partial charge in [0.1, 0.15) is 0 Å². The molecule has 2 aliphatic rings. The normalized spacial score (nSPS) is 24.3. The fourth-order valence-corrected chi connectivity index (χ4v) is 5.60. The van der Waals surface area contributed by atoms with E-state index in [4.69, 9.17) is 11.6 Å². The van der Waals surface area contributed by atoms with E-state index in [1.54, 1.807) is 55.3 Å². The summed E-state index contributed by atoms with van der Waals surface area (Å²) in [5, 5.41) is 0.841. The molecule has 1 aliphatic carbocycles. The molecular weight excluding hydrogens is 424 g/mol. The molecule has 0 bridgehead atoms. The van der Waals surface area contributed by atoms with Crippen molar-refractivity contribution in [2.45, 2.75) is 24.7 Å². The van der Waals surface area contributed by atoms with E-state index in [1.807, 2.05) is 6.92 Å². The highest BCUT2D eigenvalue weighted by Crippen LogP contribution is 2.70. The topological polar surface area (TPSA) is 47.2 Å². The highest BCUT2D eigenvalue weighted by Gasteiger charge is 2.81. The number of pyridine rings is 1. The van der Waals surface area contributed by atoms with Crippen LogP contribution in [0.25, 0.3) is 10.9 Å². The zero-order valence-electron chi connectivity index (χ0n) is 17.5. The van der Waals surface area contributed by atoms with Gasteiger partial charge >= 0.3 is 0 Å². The van der Waals surface area contributed by atoms with Gasteiger partial charge in [-0.3, -0.25) is 9.59 Å². The number of nitrogens with zero attached hydrogens (tertiary/aromatic N) is 3. The van der Waals surface area contributed by atoms with E-state index >= 15 is 0 Å². The first-order chi connectivity index (χ1) is 14.6. The second-order valence-corrected chi connectivity index (χ2v) is 9.20. The summed E-state index contributed by atoms with van der Waals surface area (Å²) in [6.07, 6.45) is 3.53. The molecule has 8 heteroatoms. The third-order valence-electron chi connectivity index (χ3n) is 7.08. The summed E-state index contributed by atoms with van der Waals surface area (Å²) in [5.41, 5.74) is 0.871. The summed E-state index contributed by atoms with van der Waals surface area (Å²) in [7, 11) is 3.42. The third kappa shape index (κ3) is 2.59. The number of likely N-dealkylation sites (tertiary alicyclic amines) is 1. The van der Waals surface area contributed by atoms with Crippen LogP contribution in [0.15, 0.2) is 41.5 Å². The van der Waals surface area contributed by atoms with E-state index in [2.05, 4.69) is 0 Å². The molecule has 3 heterocycles. The molecule has 3 aromatic rings. The summed E-state index contributed by atoms with van der Waals surface area (Å²) >= 11 is 5.93. The minimum absolute atomic E-state index is 0.0447. The van der Waals surface area contributed by atoms with Gasteiger partial charge in [-0.15, -0.1) is 0 Å². The number of aromatic nitrogens is 2. The Bertz CT molecular complexity index is 1290. The van der Waals surface area contributed by atoms with Gasteiger partial charge in [0.2, 0.25) is 0 Å². The minimum atomic E-state index is -2.89. The maximum absolute atomic E-state index is 15.0. The van der Waals surface area contributed by atoms with Gasteiger partial charge in [-0.25, -0.2) is 8.78 Å². The van der Waals surface area contributed by atoms with E-state index in [9.17, 15) is 18.4 Å². The second-order valence-electron chi connectivity index (χ2n) is 8.76. The van der Waals surface area contributed by atoms with Crippen molar-refractivity contribution in [2.24, 2.45) is 20.0 Å². The van der Waals surface area contributed by atoms with Gasteiger partial charge in [0.15, 0.2) is 0 Å². The maximum atomic E-state index is 15.0. The lowest BCUT2D eigenvalue weighted by Gasteiger charge is -2.30. The number of fused-ring (bicyclic) bond motifs is 2. The average molecular weight is 446 g/mol. The fraction of sp³-hybridized carbons (Fsp3) is 0.391. The monoisotopic (exact) mass is 445 g/mol. The molecule has 5 nitrogen and oxygen atoms in total. The number of alkyl halides is 2. The van der Waals surface area contributed by atoms with Gasteiger partial charge in [0, 0.05) is 44.6 Å². The maximum Gasteiger partial charge on any atom is 0.263 e. The first-order valence-electron chi connectivity index (χ1n) is 10.2. The Morgan fingerprint density at radius 2 is 1.81 bits per heavy atom. The number of hydrogen-bond donors (Lipinski definition) is 0. The van der Waals surface area contributed by atoms with E-state index in [0.717, 1.165) is 5.56 Å². The summed E-state index contributed by atoms with van der Waals surface area (Å²) in [5.74, 6) is -4.21. The standard InChI is InChI=1S/C23H22ClF2N3O2/c1-13-10-28(3)21(31)18-16(11-27(2)19(13)18)20(30)29-9-8-22(17(12-29)23(22,25)26)14-4-6-15(24)7-5-14/h4-7,10-11,17H,8-9,12H2,1-3H3. The van der Waals surface area contributed by atoms with Crippen molar-refractivity contribution in [3.63, 3.8) is 0 Å². The van der Waals surface area contributed by atoms with E-state index in [1.165, 1.54) is 9.47 Å². The quantitative estimate of drug-likeness (QED) is 0.601. The smallest absolute Gasteiger partial charge is 0.263 e. The van der Waals surface area contributed by atoms with Crippen LogP contribution < -0.4 is 5.56 Å². The lowest BCUT2D eigenvalue weighted by molar-refractivity contribution is 0.0691. The fourth-order valence-electron chi connectivity index (χ4n) is 5.47. The molecule has 1 amide bonds. The van der Waals surface area contributed by atoms with E-state index < -0.39 is 17.3 Å². The molecule has 1 saturated heterocycles. The number of carbonyl (C=O) groups excluding carboxylic acids is 1. The first kappa shape index (κ1) is 20.2. The number of carbonyl (C=O) groups is 1. The first-order valence-corrected chi connectivity index (χ1v) is 10.6. The second kappa shape index (κ2) is 6.42. The molecule has 5 rings (SSSR count). The van der Waals surface area contributed by atoms with Crippen LogP contribution in [0.2, 0.25) is 5.02 Å². The van der Waals surface area contributed by atoms with E-state index in [-0.39, 0.29) is 36.5 Å². The highest BCUT2D eigenvalue weighted by molar-refractivity contribution is 6.30. The summed E-state index contributed by atoms with van der Waals surface area (Å²) in [4.78, 5) is 27.6. The lowest BCUT2D eigenvalue weighted by Crippen LogP contribution is -2.40. The van der Waals surface area contributed by atoms with Crippen molar-refractivity contribution < 1.29 is 13.6 Å². The molecule has 31 heavy (non-hydrogen) atoms.